The van der Waals surface area contributed by atoms with Gasteiger partial charge in [-0.25, -0.2) is 0 Å². The van der Waals surface area contributed by atoms with Gasteiger partial charge in [-0.15, -0.1) is 10.2 Å². The number of halogens is 1. The van der Waals surface area contributed by atoms with Gasteiger partial charge in [0.2, 0.25) is 0 Å². The van der Waals surface area contributed by atoms with Crippen molar-refractivity contribution in [1.29, 1.82) is 0 Å². The lowest BCUT2D eigenvalue weighted by atomic mass is 10.2. The Morgan fingerprint density at radius 1 is 1.21 bits per heavy atom. The number of hydrogen-bond donors (Lipinski definition) is 0. The van der Waals surface area contributed by atoms with Crippen LogP contribution in [0.2, 0.25) is 5.02 Å². The molecule has 3 aromatic rings. The van der Waals surface area contributed by atoms with Crippen molar-refractivity contribution in [2.45, 2.75) is 13.0 Å². The van der Waals surface area contributed by atoms with Crippen LogP contribution in [-0.2, 0) is 0 Å². The van der Waals surface area contributed by atoms with E-state index in [1.54, 1.807) is 12.5 Å². The Bertz CT molecular complexity index is 674. The molecule has 0 aliphatic rings. The third kappa shape index (κ3) is 2.13. The van der Waals surface area contributed by atoms with Gasteiger partial charge >= 0.3 is 0 Å². The summed E-state index contributed by atoms with van der Waals surface area (Å²) in [6.07, 6.45) is 5.31. The van der Waals surface area contributed by atoms with Gasteiger partial charge in [0, 0.05) is 12.4 Å². The summed E-state index contributed by atoms with van der Waals surface area (Å²) in [6, 6.07) is 9.47. The molecule has 0 saturated heterocycles. The predicted molar refractivity (Wildman–Crippen MR) is 72.4 cm³/mol. The smallest absolute Gasteiger partial charge is 0.162 e. The van der Waals surface area contributed by atoms with Crippen LogP contribution in [0.15, 0.2) is 49.1 Å². The lowest BCUT2D eigenvalue weighted by molar-refractivity contribution is 0.528. The number of aromatic nitrogens is 5. The molecule has 0 fully saturated rings. The van der Waals surface area contributed by atoms with Crippen molar-refractivity contribution in [3.63, 3.8) is 0 Å². The second-order valence-electron chi connectivity index (χ2n) is 4.17. The Labute approximate surface area is 115 Å². The van der Waals surface area contributed by atoms with Crippen molar-refractivity contribution in [2.24, 2.45) is 0 Å². The number of rotatable bonds is 3. The predicted octanol–water partition coefficient (Wildman–Crippen LogP) is 2.73. The molecule has 19 heavy (non-hydrogen) atoms. The summed E-state index contributed by atoms with van der Waals surface area (Å²) < 4.78 is 3.71. The van der Waals surface area contributed by atoms with Crippen LogP contribution in [0.1, 0.15) is 18.8 Å². The Morgan fingerprint density at radius 3 is 2.79 bits per heavy atom. The van der Waals surface area contributed by atoms with Crippen LogP contribution in [0.5, 0.6) is 0 Å². The van der Waals surface area contributed by atoms with E-state index in [-0.39, 0.29) is 6.04 Å². The van der Waals surface area contributed by atoms with E-state index < -0.39 is 0 Å². The zero-order chi connectivity index (χ0) is 13.2. The van der Waals surface area contributed by atoms with E-state index in [1.165, 1.54) is 0 Å². The van der Waals surface area contributed by atoms with E-state index in [1.807, 2.05) is 52.7 Å². The average Bonchev–Trinajstić information content (AvgIpc) is 3.10. The number of hydrogen-bond acceptors (Lipinski definition) is 3. The summed E-state index contributed by atoms with van der Waals surface area (Å²) in [5.41, 5.74) is 0.864. The van der Waals surface area contributed by atoms with Crippen molar-refractivity contribution in [2.75, 3.05) is 0 Å². The van der Waals surface area contributed by atoms with Gasteiger partial charge in [-0.05, 0) is 25.1 Å². The van der Waals surface area contributed by atoms with Gasteiger partial charge < -0.3 is 0 Å². The second kappa shape index (κ2) is 4.85. The third-order valence-electron chi connectivity index (χ3n) is 2.98. The van der Waals surface area contributed by atoms with E-state index in [0.717, 1.165) is 11.5 Å². The zero-order valence-corrected chi connectivity index (χ0v) is 11.1. The fourth-order valence-corrected chi connectivity index (χ4v) is 2.22. The van der Waals surface area contributed by atoms with Crippen LogP contribution in [0, 0.1) is 0 Å². The van der Waals surface area contributed by atoms with Gasteiger partial charge in [-0.3, -0.25) is 9.25 Å². The van der Waals surface area contributed by atoms with Gasteiger partial charge in [0.05, 0.1) is 10.7 Å². The average molecular weight is 274 g/mol. The van der Waals surface area contributed by atoms with Gasteiger partial charge in [0.1, 0.15) is 12.4 Å². The second-order valence-corrected chi connectivity index (χ2v) is 4.58. The lowest BCUT2D eigenvalue weighted by Crippen LogP contribution is -2.13. The van der Waals surface area contributed by atoms with E-state index in [9.17, 15) is 0 Å². The zero-order valence-electron chi connectivity index (χ0n) is 10.3. The van der Waals surface area contributed by atoms with E-state index in [0.29, 0.717) is 5.02 Å². The molecule has 5 nitrogen and oxygen atoms in total. The first-order chi connectivity index (χ1) is 9.27. The fourth-order valence-electron chi connectivity index (χ4n) is 1.99. The molecule has 1 aromatic carbocycles. The molecule has 0 saturated carbocycles. The molecule has 2 heterocycles. The maximum Gasteiger partial charge on any atom is 0.162 e. The van der Waals surface area contributed by atoms with Crippen molar-refractivity contribution in [3.8, 4) is 5.69 Å². The largest absolute Gasteiger partial charge is 0.282 e. The fraction of sp³-hybridized carbons (Fsp3) is 0.154. The summed E-state index contributed by atoms with van der Waals surface area (Å²) >= 11 is 6.22. The molecule has 96 valence electrons. The van der Waals surface area contributed by atoms with Crippen molar-refractivity contribution in [1.82, 2.24) is 24.5 Å². The Morgan fingerprint density at radius 2 is 2.05 bits per heavy atom. The Hall–Kier alpha value is -2.14. The van der Waals surface area contributed by atoms with Crippen LogP contribution in [0.3, 0.4) is 0 Å². The van der Waals surface area contributed by atoms with Crippen LogP contribution in [-0.4, -0.2) is 24.5 Å². The first-order valence-electron chi connectivity index (χ1n) is 5.91. The minimum absolute atomic E-state index is 0.0197. The first-order valence-corrected chi connectivity index (χ1v) is 6.29. The van der Waals surface area contributed by atoms with E-state index in [4.69, 9.17) is 11.6 Å². The molecule has 0 bridgehead atoms. The molecule has 0 amide bonds. The molecular weight excluding hydrogens is 262 g/mol. The molecule has 6 heteroatoms. The number of nitrogens with zero attached hydrogens (tertiary/aromatic N) is 5. The lowest BCUT2D eigenvalue weighted by Gasteiger charge is -2.14. The van der Waals surface area contributed by atoms with Gasteiger partial charge in [0.25, 0.3) is 0 Å². The first kappa shape index (κ1) is 11.9. The standard InChI is InChI=1S/C13H12ClN5/c1-10(19-8-4-7-16-19)13-17-15-9-18(13)12-6-3-2-5-11(12)14/h2-10H,1H3. The summed E-state index contributed by atoms with van der Waals surface area (Å²) in [6.45, 7) is 2.02. The quantitative estimate of drug-likeness (QED) is 0.737. The van der Waals surface area contributed by atoms with Crippen molar-refractivity contribution >= 4 is 11.6 Å². The molecular formula is C13H12ClN5. The van der Waals surface area contributed by atoms with Crippen LogP contribution in [0.25, 0.3) is 5.69 Å². The highest BCUT2D eigenvalue weighted by atomic mass is 35.5. The maximum atomic E-state index is 6.22. The van der Waals surface area contributed by atoms with Crippen LogP contribution in [0.4, 0.5) is 0 Å². The van der Waals surface area contributed by atoms with Crippen LogP contribution < -0.4 is 0 Å². The Kier molecular flexibility index (Phi) is 3.05. The molecule has 3 rings (SSSR count). The SMILES string of the molecule is CC(c1nncn1-c1ccccc1Cl)n1cccn1. The summed E-state index contributed by atoms with van der Waals surface area (Å²) in [5.74, 6) is 0.789. The summed E-state index contributed by atoms with van der Waals surface area (Å²) in [7, 11) is 0. The summed E-state index contributed by atoms with van der Waals surface area (Å²) in [5, 5.41) is 13.1. The van der Waals surface area contributed by atoms with Crippen molar-refractivity contribution in [3.05, 3.63) is 59.9 Å². The topological polar surface area (TPSA) is 48.5 Å². The molecule has 0 aliphatic carbocycles. The summed E-state index contributed by atoms with van der Waals surface area (Å²) in [4.78, 5) is 0. The highest BCUT2D eigenvalue weighted by Gasteiger charge is 2.17. The molecule has 0 N–H and O–H groups in total. The minimum atomic E-state index is -0.0197. The normalized spacial score (nSPS) is 12.5. The maximum absolute atomic E-state index is 6.22. The molecule has 0 radical (unpaired) electrons. The van der Waals surface area contributed by atoms with Gasteiger partial charge in [-0.2, -0.15) is 5.10 Å². The number of para-hydroxylation sites is 1. The molecule has 1 atom stereocenters. The molecule has 2 aromatic heterocycles. The molecule has 0 aliphatic heterocycles. The monoisotopic (exact) mass is 273 g/mol. The van der Waals surface area contributed by atoms with Crippen molar-refractivity contribution < 1.29 is 0 Å². The third-order valence-corrected chi connectivity index (χ3v) is 3.30. The highest BCUT2D eigenvalue weighted by Crippen LogP contribution is 2.23. The van der Waals surface area contributed by atoms with Crippen LogP contribution >= 0.6 is 11.6 Å². The van der Waals surface area contributed by atoms with E-state index >= 15 is 0 Å². The number of benzene rings is 1. The van der Waals surface area contributed by atoms with Gasteiger partial charge in [-0.1, -0.05) is 23.7 Å². The van der Waals surface area contributed by atoms with E-state index in [2.05, 4.69) is 15.3 Å². The Balaban J connectivity index is 2.06. The van der Waals surface area contributed by atoms with Gasteiger partial charge in [0.15, 0.2) is 5.82 Å². The minimum Gasteiger partial charge on any atom is -0.282 e. The molecule has 0 spiro atoms. The molecule has 1 unspecified atom stereocenters. The highest BCUT2D eigenvalue weighted by molar-refractivity contribution is 6.32.